The normalized spacial score (nSPS) is 13.4. The molecule has 3 aromatic carbocycles. The number of carbonyl (C=O) groups is 3. The largest absolute Gasteiger partial charge is 0.467 e. The van der Waals surface area contributed by atoms with E-state index in [1.807, 2.05) is 36.4 Å². The van der Waals surface area contributed by atoms with Crippen molar-refractivity contribution in [3.05, 3.63) is 114 Å². The molecule has 0 aliphatic carbocycles. The summed E-state index contributed by atoms with van der Waals surface area (Å²) in [6, 6.07) is 24.6. The van der Waals surface area contributed by atoms with Crippen molar-refractivity contribution < 1.29 is 24.2 Å². The van der Waals surface area contributed by atoms with E-state index in [-0.39, 0.29) is 6.42 Å². The number of ether oxygens (including phenoxy) is 1. The Morgan fingerprint density at radius 1 is 0.857 bits per heavy atom. The Balaban J connectivity index is 1.75. The number of aliphatic hydroxyl groups excluding tert-OH is 1. The Hall–Kier alpha value is -4.23. The van der Waals surface area contributed by atoms with Crippen LogP contribution in [0.1, 0.15) is 33.9 Å². The van der Waals surface area contributed by atoms with E-state index >= 15 is 0 Å². The maximum atomic E-state index is 13.0. The fraction of sp³-hybridized carbons (Fsp3) is 0.179. The third kappa shape index (κ3) is 7.38. The molecule has 0 aromatic heterocycles. The third-order valence-corrected chi connectivity index (χ3v) is 5.35. The first-order valence-corrected chi connectivity index (χ1v) is 11.2. The molecule has 0 fully saturated rings. The van der Waals surface area contributed by atoms with Crippen LogP contribution in [-0.4, -0.2) is 42.1 Å². The van der Waals surface area contributed by atoms with Crippen LogP contribution >= 0.6 is 0 Å². The van der Waals surface area contributed by atoms with Crippen molar-refractivity contribution in [2.24, 2.45) is 0 Å². The van der Waals surface area contributed by atoms with Gasteiger partial charge in [-0.3, -0.25) is 9.59 Å². The van der Waals surface area contributed by atoms with E-state index in [0.29, 0.717) is 11.1 Å². The lowest BCUT2D eigenvalue weighted by molar-refractivity contribution is -0.146. The van der Waals surface area contributed by atoms with E-state index in [2.05, 4.69) is 10.6 Å². The van der Waals surface area contributed by atoms with Gasteiger partial charge in [-0.05, 0) is 29.7 Å². The van der Waals surface area contributed by atoms with Gasteiger partial charge in [-0.25, -0.2) is 4.79 Å². The van der Waals surface area contributed by atoms with Gasteiger partial charge >= 0.3 is 5.97 Å². The Bertz CT molecular complexity index is 1130. The van der Waals surface area contributed by atoms with E-state index in [1.54, 1.807) is 66.7 Å². The SMILES string of the molecule is COC(=O)[C@@H](C/C=C/c1ccccc1)NC(=O)[C@H](O)[C@@H](NC(=O)c1ccccc1)c1ccccc1. The number of esters is 1. The van der Waals surface area contributed by atoms with Crippen LogP contribution < -0.4 is 10.6 Å². The molecule has 0 saturated carbocycles. The summed E-state index contributed by atoms with van der Waals surface area (Å²) in [5.74, 6) is -1.90. The fourth-order valence-corrected chi connectivity index (χ4v) is 3.49. The standard InChI is InChI=1S/C28H28N2O5/c1-35-28(34)23(19-11-14-20-12-5-2-6-13-20)29-27(33)25(31)24(21-15-7-3-8-16-21)30-26(32)22-17-9-4-10-18-22/h2-18,23-25,31H,19H2,1H3,(H,29,33)(H,30,32)/b14-11+/t23-,24+,25-/m1/s1. The molecule has 2 amide bonds. The lowest BCUT2D eigenvalue weighted by atomic mass is 9.99. The molecule has 7 heteroatoms. The van der Waals surface area contributed by atoms with Crippen molar-refractivity contribution in [2.45, 2.75) is 24.6 Å². The van der Waals surface area contributed by atoms with E-state index in [9.17, 15) is 19.5 Å². The number of hydrogen-bond donors (Lipinski definition) is 3. The molecule has 0 heterocycles. The summed E-state index contributed by atoms with van der Waals surface area (Å²) in [6.45, 7) is 0. The zero-order chi connectivity index (χ0) is 25.0. The van der Waals surface area contributed by atoms with Crippen LogP contribution in [0, 0.1) is 0 Å². The van der Waals surface area contributed by atoms with Crippen LogP contribution in [-0.2, 0) is 14.3 Å². The zero-order valence-electron chi connectivity index (χ0n) is 19.3. The summed E-state index contributed by atoms with van der Waals surface area (Å²) in [5.41, 5.74) is 1.87. The molecule has 3 rings (SSSR count). The van der Waals surface area contributed by atoms with Gasteiger partial charge in [-0.2, -0.15) is 0 Å². The predicted molar refractivity (Wildman–Crippen MR) is 133 cm³/mol. The summed E-state index contributed by atoms with van der Waals surface area (Å²) < 4.78 is 4.82. The molecule has 0 aliphatic heterocycles. The predicted octanol–water partition coefficient (Wildman–Crippen LogP) is 3.28. The van der Waals surface area contributed by atoms with Crippen molar-refractivity contribution in [2.75, 3.05) is 7.11 Å². The van der Waals surface area contributed by atoms with E-state index in [0.717, 1.165) is 5.56 Å². The molecule has 3 aromatic rings. The number of amides is 2. The van der Waals surface area contributed by atoms with Gasteiger partial charge in [0.05, 0.1) is 13.2 Å². The second kappa shape index (κ2) is 12.9. The molecule has 3 atom stereocenters. The first kappa shape index (κ1) is 25.4. The van der Waals surface area contributed by atoms with E-state index < -0.39 is 36.0 Å². The van der Waals surface area contributed by atoms with Gasteiger partial charge in [0.15, 0.2) is 6.10 Å². The zero-order valence-corrected chi connectivity index (χ0v) is 19.3. The van der Waals surface area contributed by atoms with Gasteiger partial charge in [-0.1, -0.05) is 91.0 Å². The van der Waals surface area contributed by atoms with Gasteiger partial charge in [-0.15, -0.1) is 0 Å². The lowest BCUT2D eigenvalue weighted by Crippen LogP contribution is -2.50. The molecule has 3 N–H and O–H groups in total. The van der Waals surface area contributed by atoms with Gasteiger partial charge in [0.1, 0.15) is 6.04 Å². The van der Waals surface area contributed by atoms with Crippen molar-refractivity contribution in [1.29, 1.82) is 0 Å². The topological polar surface area (TPSA) is 105 Å². The molecule has 0 radical (unpaired) electrons. The van der Waals surface area contributed by atoms with Crippen molar-refractivity contribution in [3.63, 3.8) is 0 Å². The molecule has 0 bridgehead atoms. The summed E-state index contributed by atoms with van der Waals surface area (Å²) in [4.78, 5) is 38.1. The summed E-state index contributed by atoms with van der Waals surface area (Å²) in [6.07, 6.45) is 2.07. The molecule has 0 spiro atoms. The fourth-order valence-electron chi connectivity index (χ4n) is 3.49. The van der Waals surface area contributed by atoms with Crippen LogP contribution in [0.4, 0.5) is 0 Å². The minimum Gasteiger partial charge on any atom is -0.467 e. The van der Waals surface area contributed by atoms with Crippen LogP contribution in [0.2, 0.25) is 0 Å². The van der Waals surface area contributed by atoms with Gasteiger partial charge in [0.2, 0.25) is 0 Å². The molecule has 7 nitrogen and oxygen atoms in total. The number of benzene rings is 3. The molecular weight excluding hydrogens is 444 g/mol. The summed E-state index contributed by atoms with van der Waals surface area (Å²) >= 11 is 0. The number of aliphatic hydroxyl groups is 1. The minimum atomic E-state index is -1.66. The van der Waals surface area contributed by atoms with Crippen molar-refractivity contribution in [3.8, 4) is 0 Å². The van der Waals surface area contributed by atoms with Gasteiger partial charge in [0, 0.05) is 5.56 Å². The highest BCUT2D eigenvalue weighted by Gasteiger charge is 2.32. The van der Waals surface area contributed by atoms with Gasteiger partial charge in [0.25, 0.3) is 11.8 Å². The monoisotopic (exact) mass is 472 g/mol. The summed E-state index contributed by atoms with van der Waals surface area (Å²) in [5, 5.41) is 16.2. The van der Waals surface area contributed by atoms with E-state index in [1.165, 1.54) is 7.11 Å². The lowest BCUT2D eigenvalue weighted by Gasteiger charge is -2.25. The van der Waals surface area contributed by atoms with Crippen LogP contribution in [0.3, 0.4) is 0 Å². The van der Waals surface area contributed by atoms with Gasteiger partial charge < -0.3 is 20.5 Å². The first-order chi connectivity index (χ1) is 17.0. The number of rotatable bonds is 10. The molecule has 0 saturated heterocycles. The highest BCUT2D eigenvalue weighted by atomic mass is 16.5. The van der Waals surface area contributed by atoms with Crippen LogP contribution in [0.25, 0.3) is 6.08 Å². The number of methoxy groups -OCH3 is 1. The number of hydrogen-bond acceptors (Lipinski definition) is 5. The smallest absolute Gasteiger partial charge is 0.328 e. The first-order valence-electron chi connectivity index (χ1n) is 11.2. The Kier molecular flexibility index (Phi) is 9.33. The third-order valence-electron chi connectivity index (χ3n) is 5.35. The molecular formula is C28H28N2O5. The van der Waals surface area contributed by atoms with Crippen molar-refractivity contribution >= 4 is 23.9 Å². The molecule has 35 heavy (non-hydrogen) atoms. The second-order valence-electron chi connectivity index (χ2n) is 7.81. The van der Waals surface area contributed by atoms with E-state index in [4.69, 9.17) is 4.74 Å². The molecule has 180 valence electrons. The maximum Gasteiger partial charge on any atom is 0.328 e. The average molecular weight is 473 g/mol. The second-order valence-corrected chi connectivity index (χ2v) is 7.81. The highest BCUT2D eigenvalue weighted by Crippen LogP contribution is 2.19. The van der Waals surface area contributed by atoms with Crippen LogP contribution in [0.5, 0.6) is 0 Å². The quantitative estimate of drug-likeness (QED) is 0.393. The average Bonchev–Trinajstić information content (AvgIpc) is 2.91. The van der Waals surface area contributed by atoms with Crippen molar-refractivity contribution in [1.82, 2.24) is 10.6 Å². The van der Waals surface area contributed by atoms with Crippen LogP contribution in [0.15, 0.2) is 97.1 Å². The number of nitrogens with one attached hydrogen (secondary N) is 2. The molecule has 0 aliphatic rings. The summed E-state index contributed by atoms with van der Waals surface area (Å²) in [7, 11) is 1.23. The number of carbonyl (C=O) groups excluding carboxylic acids is 3. The molecule has 0 unspecified atom stereocenters. The Morgan fingerprint density at radius 3 is 2.03 bits per heavy atom. The highest BCUT2D eigenvalue weighted by molar-refractivity contribution is 5.95. The Labute approximate surface area is 204 Å². The Morgan fingerprint density at radius 2 is 1.43 bits per heavy atom. The maximum absolute atomic E-state index is 13.0. The minimum absolute atomic E-state index is 0.159.